The van der Waals surface area contributed by atoms with E-state index in [-0.39, 0.29) is 23.8 Å². The summed E-state index contributed by atoms with van der Waals surface area (Å²) in [5.41, 5.74) is 0.947. The summed E-state index contributed by atoms with van der Waals surface area (Å²) >= 11 is 0. The zero-order chi connectivity index (χ0) is 17.5. The summed E-state index contributed by atoms with van der Waals surface area (Å²) in [5, 5.41) is 9.31. The highest BCUT2D eigenvalue weighted by Crippen LogP contribution is 2.12. The molecule has 3 N–H and O–H groups in total. The van der Waals surface area contributed by atoms with Crippen LogP contribution in [0, 0.1) is 11.8 Å². The minimum atomic E-state index is -0.504. The first-order chi connectivity index (χ1) is 11.5. The average molecular weight is 331 g/mol. The van der Waals surface area contributed by atoms with Crippen molar-refractivity contribution in [2.45, 2.75) is 45.7 Å². The van der Waals surface area contributed by atoms with E-state index < -0.39 is 6.04 Å². The van der Waals surface area contributed by atoms with Gasteiger partial charge in [0.25, 0.3) is 0 Å². The van der Waals surface area contributed by atoms with Gasteiger partial charge in [0.05, 0.1) is 6.42 Å². The Morgan fingerprint density at radius 2 is 1.96 bits per heavy atom. The molecule has 0 aromatic heterocycles. The zero-order valence-electron chi connectivity index (χ0n) is 14.8. The van der Waals surface area contributed by atoms with Crippen molar-refractivity contribution in [3.8, 4) is 0 Å². The first-order valence-electron chi connectivity index (χ1n) is 8.81. The second-order valence-electron chi connectivity index (χ2n) is 7.04. The summed E-state index contributed by atoms with van der Waals surface area (Å²) in [6, 6.07) is 9.19. The highest BCUT2D eigenvalue weighted by atomic mass is 16.2. The predicted octanol–water partition coefficient (Wildman–Crippen LogP) is 1.48. The lowest BCUT2D eigenvalue weighted by molar-refractivity contribution is -0.130. The molecule has 2 rings (SSSR count). The maximum atomic E-state index is 12.6. The van der Waals surface area contributed by atoms with Crippen LogP contribution in [0.1, 0.15) is 32.8 Å². The van der Waals surface area contributed by atoms with Gasteiger partial charge in [0.1, 0.15) is 6.04 Å². The van der Waals surface area contributed by atoms with Crippen LogP contribution in [0.2, 0.25) is 0 Å². The van der Waals surface area contributed by atoms with Crippen molar-refractivity contribution >= 4 is 11.8 Å². The van der Waals surface area contributed by atoms with Crippen LogP contribution in [0.4, 0.5) is 0 Å². The van der Waals surface area contributed by atoms with Gasteiger partial charge in [-0.15, -0.1) is 0 Å². The Morgan fingerprint density at radius 1 is 1.25 bits per heavy atom. The molecule has 0 saturated carbocycles. The van der Waals surface area contributed by atoms with Crippen LogP contribution >= 0.6 is 0 Å². The molecule has 3 atom stereocenters. The van der Waals surface area contributed by atoms with Gasteiger partial charge in [-0.3, -0.25) is 9.59 Å². The van der Waals surface area contributed by atoms with Crippen LogP contribution in [0.5, 0.6) is 0 Å². The highest BCUT2D eigenvalue weighted by molar-refractivity contribution is 5.88. The van der Waals surface area contributed by atoms with Gasteiger partial charge in [-0.1, -0.05) is 51.1 Å². The molecule has 2 amide bonds. The maximum absolute atomic E-state index is 12.6. The second-order valence-corrected chi connectivity index (χ2v) is 7.04. The van der Waals surface area contributed by atoms with Gasteiger partial charge >= 0.3 is 0 Å². The monoisotopic (exact) mass is 331 g/mol. The molecule has 24 heavy (non-hydrogen) atoms. The minimum Gasteiger partial charge on any atom is -0.350 e. The number of hydrogen-bond donors (Lipinski definition) is 3. The van der Waals surface area contributed by atoms with Crippen LogP contribution in [0.15, 0.2) is 30.3 Å². The Kier molecular flexibility index (Phi) is 6.79. The lowest BCUT2D eigenvalue weighted by Gasteiger charge is -2.32. The van der Waals surface area contributed by atoms with E-state index in [0.29, 0.717) is 12.3 Å². The fourth-order valence-electron chi connectivity index (χ4n) is 3.00. The molecule has 5 heteroatoms. The minimum absolute atomic E-state index is 0.0385. The molecule has 0 bridgehead atoms. The first-order valence-corrected chi connectivity index (χ1v) is 8.81. The molecule has 1 aliphatic heterocycles. The molecule has 1 aromatic rings. The average Bonchev–Trinajstić information content (AvgIpc) is 2.55. The normalized spacial score (nSPS) is 22.0. The first kappa shape index (κ1) is 18.5. The van der Waals surface area contributed by atoms with Gasteiger partial charge in [-0.05, 0) is 30.4 Å². The molecule has 1 aliphatic rings. The second kappa shape index (κ2) is 8.83. The lowest BCUT2D eigenvalue weighted by atomic mass is 9.93. The number of rotatable bonds is 6. The van der Waals surface area contributed by atoms with Crippen molar-refractivity contribution in [3.63, 3.8) is 0 Å². The Hall–Kier alpha value is -1.88. The third-order valence-corrected chi connectivity index (χ3v) is 4.63. The third kappa shape index (κ3) is 5.34. The molecular formula is C19H29N3O2. The van der Waals surface area contributed by atoms with E-state index in [4.69, 9.17) is 0 Å². The molecule has 1 heterocycles. The van der Waals surface area contributed by atoms with Crippen LogP contribution in [-0.4, -0.2) is 37.0 Å². The van der Waals surface area contributed by atoms with Gasteiger partial charge in [0, 0.05) is 12.6 Å². The quantitative estimate of drug-likeness (QED) is 0.739. The van der Waals surface area contributed by atoms with Crippen molar-refractivity contribution in [1.29, 1.82) is 0 Å². The van der Waals surface area contributed by atoms with Gasteiger partial charge < -0.3 is 16.0 Å². The SMILES string of the molecule is CC(C)C(NC(=O)Cc1ccccc1)C(=O)NC1CNCCC1C. The van der Waals surface area contributed by atoms with Gasteiger partial charge in [0.2, 0.25) is 11.8 Å². The van der Waals surface area contributed by atoms with Gasteiger partial charge in [0.15, 0.2) is 0 Å². The van der Waals surface area contributed by atoms with Crippen molar-refractivity contribution in [2.75, 3.05) is 13.1 Å². The largest absolute Gasteiger partial charge is 0.350 e. The number of carbonyl (C=O) groups is 2. The molecule has 132 valence electrons. The van der Waals surface area contributed by atoms with E-state index in [1.54, 1.807) is 0 Å². The Balaban J connectivity index is 1.92. The van der Waals surface area contributed by atoms with Crippen LogP contribution in [0.3, 0.4) is 0 Å². The maximum Gasteiger partial charge on any atom is 0.243 e. The lowest BCUT2D eigenvalue weighted by Crippen LogP contribution is -2.57. The van der Waals surface area contributed by atoms with E-state index in [0.717, 1.165) is 25.1 Å². The van der Waals surface area contributed by atoms with Crippen molar-refractivity contribution < 1.29 is 9.59 Å². The Morgan fingerprint density at radius 3 is 2.58 bits per heavy atom. The van der Waals surface area contributed by atoms with E-state index in [1.165, 1.54) is 0 Å². The summed E-state index contributed by atoms with van der Waals surface area (Å²) in [6.07, 6.45) is 1.34. The molecule has 1 fully saturated rings. The number of carbonyl (C=O) groups excluding carboxylic acids is 2. The zero-order valence-corrected chi connectivity index (χ0v) is 14.8. The third-order valence-electron chi connectivity index (χ3n) is 4.63. The topological polar surface area (TPSA) is 70.2 Å². The highest BCUT2D eigenvalue weighted by Gasteiger charge is 2.29. The van der Waals surface area contributed by atoms with E-state index in [1.807, 2.05) is 44.2 Å². The van der Waals surface area contributed by atoms with Gasteiger partial charge in [-0.2, -0.15) is 0 Å². The van der Waals surface area contributed by atoms with Crippen LogP contribution in [0.25, 0.3) is 0 Å². The van der Waals surface area contributed by atoms with Crippen LogP contribution in [-0.2, 0) is 16.0 Å². The Bertz CT molecular complexity index is 545. The molecule has 1 aromatic carbocycles. The molecule has 1 saturated heterocycles. The summed E-state index contributed by atoms with van der Waals surface area (Å²) in [4.78, 5) is 24.9. The molecule has 0 aliphatic carbocycles. The fraction of sp³-hybridized carbons (Fsp3) is 0.579. The molecule has 0 radical (unpaired) electrons. The van der Waals surface area contributed by atoms with Crippen molar-refractivity contribution in [2.24, 2.45) is 11.8 Å². The Labute approximate surface area is 144 Å². The number of piperidine rings is 1. The summed E-state index contributed by atoms with van der Waals surface area (Å²) in [5.74, 6) is 0.274. The van der Waals surface area contributed by atoms with E-state index in [9.17, 15) is 9.59 Å². The van der Waals surface area contributed by atoms with Crippen LogP contribution < -0.4 is 16.0 Å². The standard InChI is InChI=1S/C19H29N3O2/c1-13(2)18(19(24)21-16-12-20-10-9-14(16)3)22-17(23)11-15-7-5-4-6-8-15/h4-8,13-14,16,18,20H,9-12H2,1-3H3,(H,21,24)(H,22,23). The number of amides is 2. The summed E-state index contributed by atoms with van der Waals surface area (Å²) < 4.78 is 0. The fourth-order valence-corrected chi connectivity index (χ4v) is 3.00. The summed E-state index contributed by atoms with van der Waals surface area (Å²) in [7, 11) is 0. The number of hydrogen-bond acceptors (Lipinski definition) is 3. The smallest absolute Gasteiger partial charge is 0.243 e. The molecule has 5 nitrogen and oxygen atoms in total. The van der Waals surface area contributed by atoms with Gasteiger partial charge in [-0.25, -0.2) is 0 Å². The van der Waals surface area contributed by atoms with Crippen molar-refractivity contribution in [3.05, 3.63) is 35.9 Å². The molecular weight excluding hydrogens is 302 g/mol. The predicted molar refractivity (Wildman–Crippen MR) is 95.5 cm³/mol. The molecule has 3 unspecified atom stereocenters. The number of nitrogens with one attached hydrogen (secondary N) is 3. The van der Waals surface area contributed by atoms with E-state index >= 15 is 0 Å². The van der Waals surface area contributed by atoms with E-state index in [2.05, 4.69) is 22.9 Å². The molecule has 0 spiro atoms. The summed E-state index contributed by atoms with van der Waals surface area (Å²) in [6.45, 7) is 7.85. The van der Waals surface area contributed by atoms with Crippen molar-refractivity contribution in [1.82, 2.24) is 16.0 Å². The number of benzene rings is 1.